The Balaban J connectivity index is 1.71. The van der Waals surface area contributed by atoms with E-state index < -0.39 is 5.54 Å². The third kappa shape index (κ3) is 2.01. The van der Waals surface area contributed by atoms with E-state index >= 15 is 0 Å². The maximum Gasteiger partial charge on any atom is 0.241 e. The lowest BCUT2D eigenvalue weighted by atomic mass is 9.46. The average molecular weight is 298 g/mol. The van der Waals surface area contributed by atoms with Gasteiger partial charge in [-0.1, -0.05) is 13.8 Å². The van der Waals surface area contributed by atoms with Crippen LogP contribution in [0, 0.1) is 11.3 Å². The van der Waals surface area contributed by atoms with Crippen molar-refractivity contribution in [3.8, 4) is 0 Å². The highest BCUT2D eigenvalue weighted by Gasteiger charge is 2.70. The van der Waals surface area contributed by atoms with E-state index in [0.717, 1.165) is 31.6 Å². The summed E-state index contributed by atoms with van der Waals surface area (Å²) < 4.78 is 5.86. The van der Waals surface area contributed by atoms with Gasteiger partial charge in [-0.3, -0.25) is 4.79 Å². The van der Waals surface area contributed by atoms with Crippen molar-refractivity contribution in [2.75, 3.05) is 18.1 Å². The third-order valence-corrected chi connectivity index (χ3v) is 6.77. The molecule has 4 atom stereocenters. The first-order valence-electron chi connectivity index (χ1n) is 7.77. The van der Waals surface area contributed by atoms with E-state index in [1.54, 1.807) is 0 Å². The monoisotopic (exact) mass is 298 g/mol. The zero-order chi connectivity index (χ0) is 14.4. The molecule has 20 heavy (non-hydrogen) atoms. The summed E-state index contributed by atoms with van der Waals surface area (Å²) in [5.41, 5.74) is 5.56. The summed E-state index contributed by atoms with van der Waals surface area (Å²) in [6.07, 6.45) is 4.44. The second kappa shape index (κ2) is 5.18. The van der Waals surface area contributed by atoms with Crippen molar-refractivity contribution in [2.24, 2.45) is 17.1 Å². The van der Waals surface area contributed by atoms with Gasteiger partial charge in [0.2, 0.25) is 5.91 Å². The van der Waals surface area contributed by atoms with E-state index in [4.69, 9.17) is 10.5 Å². The van der Waals surface area contributed by atoms with Gasteiger partial charge in [0.25, 0.3) is 0 Å². The maximum absolute atomic E-state index is 12.8. The van der Waals surface area contributed by atoms with Crippen LogP contribution in [0.2, 0.25) is 0 Å². The fourth-order valence-electron chi connectivity index (χ4n) is 4.20. The average Bonchev–Trinajstić information content (AvgIpc) is 2.47. The highest BCUT2D eigenvalue weighted by Crippen LogP contribution is 2.57. The molecule has 0 bridgehead atoms. The molecule has 3 N–H and O–H groups in total. The van der Waals surface area contributed by atoms with Crippen LogP contribution in [0.15, 0.2) is 0 Å². The van der Waals surface area contributed by atoms with Crippen molar-refractivity contribution in [1.29, 1.82) is 0 Å². The molecule has 4 nitrogen and oxygen atoms in total. The number of hydrogen-bond donors (Lipinski definition) is 2. The Morgan fingerprint density at radius 3 is 2.85 bits per heavy atom. The molecule has 3 fully saturated rings. The molecule has 5 heteroatoms. The molecule has 2 heterocycles. The van der Waals surface area contributed by atoms with Crippen LogP contribution in [-0.4, -0.2) is 41.7 Å². The van der Waals surface area contributed by atoms with Crippen molar-refractivity contribution in [1.82, 2.24) is 5.32 Å². The Hall–Kier alpha value is -0.260. The Morgan fingerprint density at radius 2 is 2.15 bits per heavy atom. The summed E-state index contributed by atoms with van der Waals surface area (Å²) in [6, 6.07) is 0.293. The van der Waals surface area contributed by atoms with Crippen molar-refractivity contribution < 1.29 is 9.53 Å². The van der Waals surface area contributed by atoms with Crippen molar-refractivity contribution >= 4 is 17.7 Å². The number of amides is 1. The van der Waals surface area contributed by atoms with Crippen LogP contribution in [0.4, 0.5) is 0 Å². The molecule has 0 radical (unpaired) electrons. The number of nitrogens with one attached hydrogen (secondary N) is 1. The normalized spacial score (nSPS) is 43.2. The van der Waals surface area contributed by atoms with Crippen molar-refractivity contribution in [3.05, 3.63) is 0 Å². The minimum absolute atomic E-state index is 0.0433. The molecule has 1 amide bonds. The molecular weight excluding hydrogens is 272 g/mol. The van der Waals surface area contributed by atoms with Gasteiger partial charge in [-0.05, 0) is 31.4 Å². The number of ether oxygens (including phenoxy) is 1. The molecule has 0 aromatic rings. The molecule has 0 aromatic carbocycles. The van der Waals surface area contributed by atoms with Gasteiger partial charge >= 0.3 is 0 Å². The van der Waals surface area contributed by atoms with Crippen LogP contribution in [0.3, 0.4) is 0 Å². The number of carbonyl (C=O) groups excluding carboxylic acids is 1. The van der Waals surface area contributed by atoms with Gasteiger partial charge in [0.15, 0.2) is 0 Å². The van der Waals surface area contributed by atoms with E-state index in [0.29, 0.717) is 6.04 Å². The number of fused-ring (bicyclic) bond motifs is 1. The summed E-state index contributed by atoms with van der Waals surface area (Å²) in [7, 11) is 0. The minimum atomic E-state index is -0.764. The second-order valence-corrected chi connectivity index (χ2v) is 8.17. The largest absolute Gasteiger partial charge is 0.377 e. The lowest BCUT2D eigenvalue weighted by Crippen LogP contribution is -2.82. The highest BCUT2D eigenvalue weighted by molar-refractivity contribution is 7.99. The van der Waals surface area contributed by atoms with Gasteiger partial charge in [0.05, 0.1) is 6.10 Å². The molecule has 2 saturated heterocycles. The molecular formula is C15H26N2O2S. The quantitative estimate of drug-likeness (QED) is 0.811. The SMILES string of the molecule is CC1(C)C2OCCCC2C1(N)C(=O)NC1CCCSC1. The predicted molar refractivity (Wildman–Crippen MR) is 81.7 cm³/mol. The summed E-state index contributed by atoms with van der Waals surface area (Å²) in [5, 5.41) is 3.21. The smallest absolute Gasteiger partial charge is 0.241 e. The molecule has 4 unspecified atom stereocenters. The van der Waals surface area contributed by atoms with Crippen LogP contribution in [-0.2, 0) is 9.53 Å². The predicted octanol–water partition coefficient (Wildman–Crippen LogP) is 1.53. The lowest BCUT2D eigenvalue weighted by molar-refractivity contribution is -0.225. The Bertz CT molecular complexity index is 395. The first kappa shape index (κ1) is 14.7. The first-order valence-corrected chi connectivity index (χ1v) is 8.92. The molecule has 1 aliphatic carbocycles. The highest BCUT2D eigenvalue weighted by atomic mass is 32.2. The van der Waals surface area contributed by atoms with Gasteiger partial charge in [-0.25, -0.2) is 0 Å². The van der Waals surface area contributed by atoms with E-state index in [2.05, 4.69) is 19.2 Å². The fourth-order valence-corrected chi connectivity index (χ4v) is 5.27. The van der Waals surface area contributed by atoms with E-state index in [1.165, 1.54) is 12.2 Å². The number of thioether (sulfide) groups is 1. The molecule has 2 aliphatic heterocycles. The van der Waals surface area contributed by atoms with Crippen LogP contribution < -0.4 is 11.1 Å². The maximum atomic E-state index is 12.8. The number of carbonyl (C=O) groups is 1. The van der Waals surface area contributed by atoms with Crippen molar-refractivity contribution in [2.45, 2.75) is 57.2 Å². The third-order valence-electron chi connectivity index (χ3n) is 5.56. The van der Waals surface area contributed by atoms with Gasteiger partial charge in [0.1, 0.15) is 5.54 Å². The van der Waals surface area contributed by atoms with Crippen LogP contribution in [0.5, 0.6) is 0 Å². The number of nitrogens with two attached hydrogens (primary N) is 1. The standard InChI is InChI=1S/C15H26N2O2S/c1-14(2)12-11(6-3-7-19-12)15(14,16)13(18)17-10-5-4-8-20-9-10/h10-12H,3-9,16H2,1-2H3,(H,17,18). The first-order chi connectivity index (χ1) is 9.48. The number of hydrogen-bond acceptors (Lipinski definition) is 4. The van der Waals surface area contributed by atoms with E-state index in [9.17, 15) is 4.79 Å². The molecule has 1 saturated carbocycles. The van der Waals surface area contributed by atoms with Crippen LogP contribution >= 0.6 is 11.8 Å². The van der Waals surface area contributed by atoms with E-state index in [-0.39, 0.29) is 23.3 Å². The molecule has 3 rings (SSSR count). The molecule has 0 aromatic heterocycles. The van der Waals surface area contributed by atoms with Gasteiger partial charge in [-0.2, -0.15) is 11.8 Å². The molecule has 114 valence electrons. The molecule has 3 aliphatic rings. The second-order valence-electron chi connectivity index (χ2n) is 7.02. The fraction of sp³-hybridized carbons (Fsp3) is 0.933. The Labute approximate surface area is 125 Å². The van der Waals surface area contributed by atoms with Gasteiger partial charge in [0, 0.05) is 29.7 Å². The topological polar surface area (TPSA) is 64.3 Å². The van der Waals surface area contributed by atoms with Crippen molar-refractivity contribution in [3.63, 3.8) is 0 Å². The van der Waals surface area contributed by atoms with Crippen LogP contribution in [0.25, 0.3) is 0 Å². The minimum Gasteiger partial charge on any atom is -0.377 e. The summed E-state index contributed by atoms with van der Waals surface area (Å²) in [5.74, 6) is 2.46. The summed E-state index contributed by atoms with van der Waals surface area (Å²) in [4.78, 5) is 12.8. The number of rotatable bonds is 2. The lowest BCUT2D eigenvalue weighted by Gasteiger charge is -2.65. The van der Waals surface area contributed by atoms with Crippen LogP contribution in [0.1, 0.15) is 39.5 Å². The van der Waals surface area contributed by atoms with E-state index in [1.807, 2.05) is 11.8 Å². The van der Waals surface area contributed by atoms with Gasteiger partial charge in [-0.15, -0.1) is 0 Å². The van der Waals surface area contributed by atoms with Gasteiger partial charge < -0.3 is 15.8 Å². The zero-order valence-corrected chi connectivity index (χ0v) is 13.3. The summed E-state index contributed by atoms with van der Waals surface area (Å²) >= 11 is 1.92. The zero-order valence-electron chi connectivity index (χ0n) is 12.5. The Morgan fingerprint density at radius 1 is 1.35 bits per heavy atom. The molecule has 0 spiro atoms. The summed E-state index contributed by atoms with van der Waals surface area (Å²) in [6.45, 7) is 4.96. The Kier molecular flexibility index (Phi) is 3.80.